The van der Waals surface area contributed by atoms with Crippen molar-refractivity contribution in [1.82, 2.24) is 14.9 Å². The monoisotopic (exact) mass is 430 g/mol. The number of aromatic nitrogens is 1. The molecule has 2 aliphatic heterocycles. The molecule has 0 unspecified atom stereocenters. The SMILES string of the molecule is CCN1C(=O)c2c(O)c(=O)c(C(=O)NCc3ccc(F)cc3F)cn2N2CCC=C[C@@H]12. The molecule has 0 radical (unpaired) electrons. The number of benzene rings is 1. The fourth-order valence-electron chi connectivity index (χ4n) is 3.83. The van der Waals surface area contributed by atoms with Crippen LogP contribution in [0.2, 0.25) is 0 Å². The number of hydrogen-bond acceptors (Lipinski definition) is 5. The van der Waals surface area contributed by atoms with Gasteiger partial charge in [-0.1, -0.05) is 12.1 Å². The van der Waals surface area contributed by atoms with Crippen LogP contribution in [0.5, 0.6) is 5.75 Å². The maximum atomic E-state index is 13.8. The van der Waals surface area contributed by atoms with E-state index in [1.54, 1.807) is 11.9 Å². The van der Waals surface area contributed by atoms with Crippen molar-refractivity contribution in [3.63, 3.8) is 0 Å². The van der Waals surface area contributed by atoms with Crippen molar-refractivity contribution in [2.75, 3.05) is 18.1 Å². The Labute approximate surface area is 176 Å². The molecule has 4 rings (SSSR count). The van der Waals surface area contributed by atoms with Gasteiger partial charge >= 0.3 is 0 Å². The zero-order chi connectivity index (χ0) is 22.3. The molecule has 3 heterocycles. The van der Waals surface area contributed by atoms with E-state index in [2.05, 4.69) is 5.32 Å². The number of carbonyl (C=O) groups is 2. The van der Waals surface area contributed by atoms with Crippen molar-refractivity contribution in [3.05, 3.63) is 75.2 Å². The molecule has 10 heteroatoms. The van der Waals surface area contributed by atoms with Crippen LogP contribution in [-0.2, 0) is 6.54 Å². The van der Waals surface area contributed by atoms with E-state index < -0.39 is 46.4 Å². The second-order valence-corrected chi connectivity index (χ2v) is 7.22. The number of nitrogens with one attached hydrogen (secondary N) is 1. The highest BCUT2D eigenvalue weighted by Gasteiger charge is 2.39. The van der Waals surface area contributed by atoms with Crippen molar-refractivity contribution in [1.29, 1.82) is 0 Å². The molecule has 0 spiro atoms. The molecular weight excluding hydrogens is 410 g/mol. The van der Waals surface area contributed by atoms with Gasteiger partial charge in [0, 0.05) is 37.5 Å². The summed E-state index contributed by atoms with van der Waals surface area (Å²) in [4.78, 5) is 39.7. The minimum atomic E-state index is -1.00. The summed E-state index contributed by atoms with van der Waals surface area (Å²) in [6.45, 7) is 2.37. The zero-order valence-electron chi connectivity index (χ0n) is 16.6. The minimum Gasteiger partial charge on any atom is -0.502 e. The van der Waals surface area contributed by atoms with Crippen molar-refractivity contribution < 1.29 is 23.5 Å². The van der Waals surface area contributed by atoms with Crippen LogP contribution < -0.4 is 15.8 Å². The van der Waals surface area contributed by atoms with Crippen molar-refractivity contribution in [3.8, 4) is 5.75 Å². The zero-order valence-corrected chi connectivity index (χ0v) is 16.6. The number of rotatable bonds is 4. The van der Waals surface area contributed by atoms with Gasteiger partial charge in [0.25, 0.3) is 11.8 Å². The van der Waals surface area contributed by atoms with Gasteiger partial charge in [-0.3, -0.25) is 24.1 Å². The second kappa shape index (κ2) is 7.86. The predicted molar refractivity (Wildman–Crippen MR) is 107 cm³/mol. The Kier molecular flexibility index (Phi) is 5.22. The van der Waals surface area contributed by atoms with Gasteiger partial charge in [-0.25, -0.2) is 8.78 Å². The fourth-order valence-corrected chi connectivity index (χ4v) is 3.83. The van der Waals surface area contributed by atoms with Crippen molar-refractivity contribution in [2.45, 2.75) is 26.1 Å². The van der Waals surface area contributed by atoms with E-state index in [0.717, 1.165) is 6.07 Å². The first-order valence-electron chi connectivity index (χ1n) is 9.78. The maximum Gasteiger partial charge on any atom is 0.278 e. The van der Waals surface area contributed by atoms with E-state index in [9.17, 15) is 28.3 Å². The lowest BCUT2D eigenvalue weighted by Crippen LogP contribution is -2.61. The number of likely N-dealkylation sites (N-methyl/N-ethyl adjacent to an activating group) is 1. The Morgan fingerprint density at radius 2 is 2.06 bits per heavy atom. The number of hydrogen-bond donors (Lipinski definition) is 2. The average molecular weight is 430 g/mol. The van der Waals surface area contributed by atoms with Gasteiger partial charge in [0.2, 0.25) is 5.43 Å². The molecule has 1 aromatic carbocycles. The third kappa shape index (κ3) is 3.43. The molecule has 0 fully saturated rings. The molecule has 162 valence electrons. The van der Waals surface area contributed by atoms with Crippen LogP contribution in [0.4, 0.5) is 8.78 Å². The molecule has 31 heavy (non-hydrogen) atoms. The molecule has 0 saturated heterocycles. The van der Waals surface area contributed by atoms with Gasteiger partial charge < -0.3 is 15.3 Å². The van der Waals surface area contributed by atoms with Gasteiger partial charge in [0.1, 0.15) is 23.4 Å². The van der Waals surface area contributed by atoms with E-state index in [1.165, 1.54) is 21.8 Å². The van der Waals surface area contributed by atoms with Crippen molar-refractivity contribution in [2.24, 2.45) is 0 Å². The lowest BCUT2D eigenvalue weighted by molar-refractivity contribution is 0.0626. The largest absolute Gasteiger partial charge is 0.502 e. The van der Waals surface area contributed by atoms with Crippen LogP contribution in [0.3, 0.4) is 0 Å². The number of carbonyl (C=O) groups excluding carboxylic acids is 2. The summed E-state index contributed by atoms with van der Waals surface area (Å²) in [6.07, 6.45) is 5.27. The van der Waals surface area contributed by atoms with Crippen LogP contribution in [0.15, 0.2) is 41.3 Å². The third-order valence-corrected chi connectivity index (χ3v) is 5.40. The lowest BCUT2D eigenvalue weighted by atomic mass is 10.1. The van der Waals surface area contributed by atoms with Gasteiger partial charge in [-0.15, -0.1) is 0 Å². The highest BCUT2D eigenvalue weighted by molar-refractivity contribution is 5.99. The summed E-state index contributed by atoms with van der Waals surface area (Å²) in [5.41, 5.74) is -1.57. The van der Waals surface area contributed by atoms with Gasteiger partial charge in [0.15, 0.2) is 11.4 Å². The van der Waals surface area contributed by atoms with Gasteiger partial charge in [-0.2, -0.15) is 0 Å². The standard InChI is InChI=1S/C21H20F2N4O4/c1-2-25-16-5-3-4-8-26(16)27-11-14(18(28)19(29)17(27)21(25)31)20(30)24-10-12-6-7-13(22)9-15(12)23/h3,5-7,9,11,16,29H,2,4,8,10H2,1H3,(H,24,30)/t16-/m0/s1. The Hall–Kier alpha value is -3.69. The highest BCUT2D eigenvalue weighted by Crippen LogP contribution is 2.27. The molecule has 1 atom stereocenters. The van der Waals surface area contributed by atoms with E-state index in [1.807, 2.05) is 12.2 Å². The summed E-state index contributed by atoms with van der Waals surface area (Å²) in [5, 5.41) is 14.7. The highest BCUT2D eigenvalue weighted by atomic mass is 19.1. The average Bonchev–Trinajstić information content (AvgIpc) is 2.75. The van der Waals surface area contributed by atoms with Crippen LogP contribution >= 0.6 is 0 Å². The fraction of sp³-hybridized carbons (Fsp3) is 0.286. The number of nitrogens with zero attached hydrogens (tertiary/aromatic N) is 3. The first-order chi connectivity index (χ1) is 14.8. The molecule has 1 aromatic heterocycles. The summed E-state index contributed by atoms with van der Waals surface area (Å²) < 4.78 is 28.2. The number of pyridine rings is 1. The Morgan fingerprint density at radius 3 is 2.77 bits per heavy atom. The molecule has 2 aliphatic rings. The van der Waals surface area contributed by atoms with Gasteiger partial charge in [0.05, 0.1) is 0 Å². The van der Waals surface area contributed by atoms with Gasteiger partial charge in [-0.05, 0) is 25.5 Å². The number of halogens is 2. The molecule has 0 aliphatic carbocycles. The summed E-state index contributed by atoms with van der Waals surface area (Å²) >= 11 is 0. The van der Waals surface area contributed by atoms with Crippen LogP contribution in [-0.4, -0.2) is 45.8 Å². The Morgan fingerprint density at radius 1 is 1.29 bits per heavy atom. The molecule has 2 amide bonds. The molecule has 8 nitrogen and oxygen atoms in total. The topological polar surface area (TPSA) is 94.9 Å². The van der Waals surface area contributed by atoms with Crippen LogP contribution in [0.25, 0.3) is 0 Å². The number of fused-ring (bicyclic) bond motifs is 3. The lowest BCUT2D eigenvalue weighted by Gasteiger charge is -2.46. The molecule has 0 bridgehead atoms. The van der Waals surface area contributed by atoms with Crippen molar-refractivity contribution >= 4 is 11.8 Å². The Bertz CT molecular complexity index is 1160. The van der Waals surface area contributed by atoms with E-state index >= 15 is 0 Å². The molecule has 0 saturated carbocycles. The molecule has 2 aromatic rings. The van der Waals surface area contributed by atoms with E-state index in [0.29, 0.717) is 25.6 Å². The molecular formula is C21H20F2N4O4. The predicted octanol–water partition coefficient (Wildman–Crippen LogP) is 1.46. The summed E-state index contributed by atoms with van der Waals surface area (Å²) in [7, 11) is 0. The summed E-state index contributed by atoms with van der Waals surface area (Å²) in [6, 6.07) is 2.93. The number of amides is 2. The first kappa shape index (κ1) is 20.6. The minimum absolute atomic E-state index is 0.0343. The second-order valence-electron chi connectivity index (χ2n) is 7.22. The summed E-state index contributed by atoms with van der Waals surface area (Å²) in [5.74, 6) is -3.78. The quantitative estimate of drug-likeness (QED) is 0.717. The third-order valence-electron chi connectivity index (χ3n) is 5.40. The number of aromatic hydroxyl groups is 1. The normalized spacial score (nSPS) is 17.4. The van der Waals surface area contributed by atoms with Crippen LogP contribution in [0, 0.1) is 11.6 Å². The Balaban J connectivity index is 1.70. The molecule has 2 N–H and O–H groups in total. The maximum absolute atomic E-state index is 13.8. The first-order valence-corrected chi connectivity index (χ1v) is 9.78. The van der Waals surface area contributed by atoms with E-state index in [-0.39, 0.29) is 17.8 Å². The van der Waals surface area contributed by atoms with Crippen LogP contribution in [0.1, 0.15) is 39.8 Å². The smallest absolute Gasteiger partial charge is 0.278 e. The van der Waals surface area contributed by atoms with E-state index in [4.69, 9.17) is 0 Å².